The summed E-state index contributed by atoms with van der Waals surface area (Å²) in [5.74, 6) is -11.2. The Bertz CT molecular complexity index is 3030. The number of carbonyl (C=O) groups excluding carboxylic acids is 7. The van der Waals surface area contributed by atoms with E-state index in [-0.39, 0.29) is 35.7 Å². The lowest BCUT2D eigenvalue weighted by atomic mass is 9.80. The van der Waals surface area contributed by atoms with Crippen LogP contribution < -0.4 is 0 Å². The van der Waals surface area contributed by atoms with Gasteiger partial charge in [0.05, 0.1) is 75.4 Å². The maximum Gasteiger partial charge on any atom is 0.447 e. The minimum Gasteiger partial charge on any atom is -0.469 e. The van der Waals surface area contributed by atoms with Crippen molar-refractivity contribution >= 4 is 41.8 Å². The smallest absolute Gasteiger partial charge is 0.447 e. The van der Waals surface area contributed by atoms with Crippen LogP contribution in [0.1, 0.15) is 190 Å². The van der Waals surface area contributed by atoms with Crippen LogP contribution >= 0.6 is 0 Å². The first kappa shape index (κ1) is 84.6. The van der Waals surface area contributed by atoms with Crippen molar-refractivity contribution in [2.24, 2.45) is 33.5 Å². The molecule has 0 bridgehead atoms. The van der Waals surface area contributed by atoms with Crippen molar-refractivity contribution in [2.45, 2.75) is 247 Å². The standard InChI is InChI=1S/C15H13F9O2.C10H11F9O2.C9H9F9O2.3C7H14O2.C6H12O2/c1-3-11(2,9-7-5-4-6-8-9)10(25)26-12(13(16,17)18,14(19,20)21)15(22,23)24;1-4-6(2,3)5(20)21-7(8(11,12)13,9(14,15)16)10(17,18)19;1-3-4(2)5(19)20-6(7(10,11)12,8(13,14)15)9(16,17)18;3*1-5-7(2,3)6(8)9-4;1-4-5(2)6(7)8-3/h4-8H,3H2,1-2H3;4H2,1-3H3;4H,3H2,1-2H3;3*5H2,1-4H3;5H,4H2,1-3H3/i;;;2D3,5D2;4D3;;3D3. The molecule has 14 nitrogen and oxygen atoms in total. The molecule has 0 saturated carbocycles. The summed E-state index contributed by atoms with van der Waals surface area (Å²) >= 11 is 0. The van der Waals surface area contributed by atoms with Crippen molar-refractivity contribution in [3.63, 3.8) is 0 Å². The number of rotatable bonds is 18. The van der Waals surface area contributed by atoms with Crippen LogP contribution in [-0.4, -0.2) is 142 Å². The third-order valence-corrected chi connectivity index (χ3v) is 14.7. The van der Waals surface area contributed by atoms with Gasteiger partial charge in [0.2, 0.25) is 0 Å². The van der Waals surface area contributed by atoms with E-state index in [1.54, 1.807) is 34.6 Å². The molecule has 0 fully saturated rings. The second kappa shape index (κ2) is 39.7. The van der Waals surface area contributed by atoms with Gasteiger partial charge in [-0.15, -0.1) is 0 Å². The third kappa shape index (κ3) is 28.2. The van der Waals surface area contributed by atoms with Crippen LogP contribution in [0.3, 0.4) is 0 Å². The molecule has 1 aromatic rings. The fourth-order valence-corrected chi connectivity index (χ4v) is 5.61. The monoisotopic (exact) mass is 1570 g/mol. The van der Waals surface area contributed by atoms with Gasteiger partial charge in [-0.3, -0.25) is 33.6 Å². The number of methoxy groups -OCH3 is 4. The van der Waals surface area contributed by atoms with Crippen LogP contribution in [0.2, 0.25) is 0 Å². The molecule has 1 rings (SSSR count). The topological polar surface area (TPSA) is 184 Å². The largest absolute Gasteiger partial charge is 0.469 e. The van der Waals surface area contributed by atoms with E-state index in [2.05, 4.69) is 33.2 Å². The zero-order valence-corrected chi connectivity index (χ0v) is 57.7. The lowest BCUT2D eigenvalue weighted by Crippen LogP contribution is -2.69. The Morgan fingerprint density at radius 3 is 0.833 bits per heavy atom. The fourth-order valence-electron chi connectivity index (χ4n) is 5.61. The number of alkyl halides is 27. The highest BCUT2D eigenvalue weighted by molar-refractivity contribution is 5.83. The van der Waals surface area contributed by atoms with E-state index in [9.17, 15) is 152 Å². The normalized spacial score (nSPS) is 16.9. The summed E-state index contributed by atoms with van der Waals surface area (Å²) in [6, 6.07) is 6.45. The number of ether oxygens (including phenoxy) is 7. The summed E-state index contributed by atoms with van der Waals surface area (Å²) < 4.78 is 443. The van der Waals surface area contributed by atoms with Crippen molar-refractivity contribution in [1.29, 1.82) is 0 Å². The molecular weight excluding hydrogens is 1470 g/mol. The highest BCUT2D eigenvalue weighted by atomic mass is 19.5. The molecule has 102 heavy (non-hydrogen) atoms. The molecule has 0 heterocycles. The lowest BCUT2D eigenvalue weighted by molar-refractivity contribution is -0.448. The molecule has 0 radical (unpaired) electrons. The molecular formula is C61H87F27O14. The van der Waals surface area contributed by atoms with Crippen LogP contribution in [0.5, 0.6) is 0 Å². The van der Waals surface area contributed by atoms with E-state index in [0.717, 1.165) is 55.1 Å². The molecule has 604 valence electrons. The van der Waals surface area contributed by atoms with Crippen molar-refractivity contribution in [3.8, 4) is 0 Å². The fraction of sp³-hybridized carbons (Fsp3) is 0.787. The third-order valence-electron chi connectivity index (χ3n) is 14.7. The Hall–Kier alpha value is -6.38. The maximum atomic E-state index is 12.9. The molecule has 0 aliphatic heterocycles. The summed E-state index contributed by atoms with van der Waals surface area (Å²) in [4.78, 5) is 78.6. The van der Waals surface area contributed by atoms with Gasteiger partial charge in [-0.1, -0.05) is 92.6 Å². The van der Waals surface area contributed by atoms with Crippen molar-refractivity contribution in [3.05, 3.63) is 35.9 Å². The highest BCUT2D eigenvalue weighted by Gasteiger charge is 2.90. The minimum absolute atomic E-state index is 0.0899. The average molecular weight is 1570 g/mol. The zero-order chi connectivity index (χ0) is 93.0. The van der Waals surface area contributed by atoms with Gasteiger partial charge in [0.25, 0.3) is 0 Å². The van der Waals surface area contributed by atoms with Gasteiger partial charge in [-0.25, -0.2) is 0 Å². The quantitative estimate of drug-likeness (QED) is 0.0768. The molecule has 0 saturated heterocycles. The Balaban J connectivity index is -0.000000304. The number of carbonyl (C=O) groups is 7. The van der Waals surface area contributed by atoms with E-state index in [1.807, 2.05) is 20.8 Å². The predicted molar refractivity (Wildman–Crippen MR) is 308 cm³/mol. The predicted octanol–water partition coefficient (Wildman–Crippen LogP) is 19.7. The van der Waals surface area contributed by atoms with E-state index < -0.39 is 170 Å². The second-order valence-electron chi connectivity index (χ2n) is 23.3. The summed E-state index contributed by atoms with van der Waals surface area (Å²) in [5.41, 5.74) is -27.1. The van der Waals surface area contributed by atoms with Crippen LogP contribution in [0.15, 0.2) is 30.3 Å². The SMILES string of the molecule is CCC(C)(C(=O)OC(C(F)(F)F)(C(F)(F)F)C(F)(F)F)c1ccccc1.CCC(C)(C)C(=O)OC.CCC(C)(C)C(=O)OC(C(F)(F)F)(C(F)(F)F)C(F)(F)F.CCC(C)C(=O)OC(C(F)(F)F)(C(F)(F)F)C(F)(F)F.[2H]C([2H])([2H])C(C)(C(=O)OC)C([2H])([2H])C.[2H]C([2H])([2H])OC(=O)C(C)(C)CC.[2H]C([2H])([2H])OC(=O)C(C)CC. The molecule has 1 aromatic carbocycles. The van der Waals surface area contributed by atoms with Gasteiger partial charge < -0.3 is 33.2 Å². The molecule has 0 aliphatic carbocycles. The van der Waals surface area contributed by atoms with Crippen LogP contribution in [-0.2, 0) is 72.1 Å². The molecule has 0 spiro atoms. The molecule has 0 aromatic heterocycles. The van der Waals surface area contributed by atoms with Gasteiger partial charge in [-0.05, 0) is 113 Å². The van der Waals surface area contributed by atoms with Crippen molar-refractivity contribution in [2.75, 3.05) is 28.3 Å². The van der Waals surface area contributed by atoms with Crippen LogP contribution in [0.25, 0.3) is 0 Å². The summed E-state index contributed by atoms with van der Waals surface area (Å²) in [5, 5.41) is 0. The van der Waals surface area contributed by atoms with Gasteiger partial charge in [0.15, 0.2) is 0 Å². The Morgan fingerprint density at radius 1 is 0.353 bits per heavy atom. The summed E-state index contributed by atoms with van der Waals surface area (Å²) in [6.07, 6.45) is -63.6. The first-order valence-corrected chi connectivity index (χ1v) is 28.7. The molecule has 0 N–H and O–H groups in total. The lowest BCUT2D eigenvalue weighted by Gasteiger charge is -2.39. The number of benzene rings is 1. The van der Waals surface area contributed by atoms with Crippen LogP contribution in [0, 0.1) is 33.5 Å². The number of hydrogen-bond acceptors (Lipinski definition) is 14. The molecule has 41 heteroatoms. The Labute approximate surface area is 586 Å². The van der Waals surface area contributed by atoms with Gasteiger partial charge in [-0.2, -0.15) is 119 Å². The van der Waals surface area contributed by atoms with E-state index in [4.69, 9.17) is 15.1 Å². The average Bonchev–Trinajstić information content (AvgIpc) is 0.733. The Morgan fingerprint density at radius 2 is 0.608 bits per heavy atom. The van der Waals surface area contributed by atoms with E-state index in [1.165, 1.54) is 58.2 Å². The first-order valence-electron chi connectivity index (χ1n) is 34.2. The van der Waals surface area contributed by atoms with Crippen molar-refractivity contribution in [1.82, 2.24) is 0 Å². The zero-order valence-electron chi connectivity index (χ0n) is 68.7. The first-order chi connectivity index (χ1) is 49.2. The van der Waals surface area contributed by atoms with E-state index in [0.29, 0.717) is 12.8 Å². The van der Waals surface area contributed by atoms with Gasteiger partial charge >= 0.3 is 114 Å². The molecule has 0 amide bonds. The Kier molecular flexibility index (Phi) is 32.9. The molecule has 0 aliphatic rings. The molecule has 4 unspecified atom stereocenters. The van der Waals surface area contributed by atoms with E-state index >= 15 is 0 Å². The van der Waals surface area contributed by atoms with Crippen molar-refractivity contribution < 1.29 is 200 Å². The minimum atomic E-state index is -6.97. The molecule has 4 atom stereocenters. The number of halogens is 27. The second-order valence-corrected chi connectivity index (χ2v) is 23.3. The maximum absolute atomic E-state index is 12.9. The summed E-state index contributed by atoms with van der Waals surface area (Å²) in [6.45, 7) is 20.7. The van der Waals surface area contributed by atoms with Gasteiger partial charge in [0.1, 0.15) is 0 Å². The van der Waals surface area contributed by atoms with Crippen LogP contribution in [0.4, 0.5) is 119 Å². The van der Waals surface area contributed by atoms with Gasteiger partial charge in [0, 0.05) is 6.85 Å². The highest BCUT2D eigenvalue weighted by Crippen LogP contribution is 2.58. The number of esters is 7. The summed E-state index contributed by atoms with van der Waals surface area (Å²) in [7, 11) is -2.76. The number of hydrogen-bond donors (Lipinski definition) is 0.